The normalized spacial score (nSPS) is 15.9. The molecule has 0 radical (unpaired) electrons. The van der Waals surface area contributed by atoms with Crippen molar-refractivity contribution in [3.63, 3.8) is 0 Å². The molecule has 0 spiro atoms. The quantitative estimate of drug-likeness (QED) is 0.773. The van der Waals surface area contributed by atoms with Gasteiger partial charge in [-0.3, -0.25) is 0 Å². The van der Waals surface area contributed by atoms with Gasteiger partial charge in [-0.1, -0.05) is 36.4 Å². The summed E-state index contributed by atoms with van der Waals surface area (Å²) in [4.78, 5) is 0. The standard InChI is InChI=1S/C14H20O2/c1-4-11(2)14(12(3)15)16-10-13-8-6-5-7-9-13/h4-9,12,14-15H,10H2,1-3H3/b11-4+/t12-,14-/m0/s1. The monoisotopic (exact) mass is 220 g/mol. The van der Waals surface area contributed by atoms with Crippen LogP contribution in [0.2, 0.25) is 0 Å². The zero-order valence-corrected chi connectivity index (χ0v) is 10.2. The Morgan fingerprint density at radius 2 is 2.00 bits per heavy atom. The SMILES string of the molecule is C/C=C(\C)[C@H](OCc1ccccc1)[C@H](C)O. The van der Waals surface area contributed by atoms with Gasteiger partial charge in [-0.05, 0) is 31.9 Å². The van der Waals surface area contributed by atoms with Crippen molar-refractivity contribution in [2.75, 3.05) is 0 Å². The highest BCUT2D eigenvalue weighted by atomic mass is 16.5. The number of benzene rings is 1. The topological polar surface area (TPSA) is 29.5 Å². The van der Waals surface area contributed by atoms with Crippen LogP contribution in [-0.2, 0) is 11.3 Å². The van der Waals surface area contributed by atoms with Gasteiger partial charge in [0, 0.05) is 0 Å². The van der Waals surface area contributed by atoms with Crippen LogP contribution in [0.1, 0.15) is 26.3 Å². The number of aliphatic hydroxyl groups is 1. The van der Waals surface area contributed by atoms with Crippen molar-refractivity contribution in [3.05, 3.63) is 47.5 Å². The highest BCUT2D eigenvalue weighted by Gasteiger charge is 2.16. The minimum Gasteiger partial charge on any atom is -0.390 e. The van der Waals surface area contributed by atoms with E-state index in [2.05, 4.69) is 0 Å². The van der Waals surface area contributed by atoms with Gasteiger partial charge in [0.25, 0.3) is 0 Å². The number of allylic oxidation sites excluding steroid dienone is 1. The fourth-order valence-corrected chi connectivity index (χ4v) is 1.58. The highest BCUT2D eigenvalue weighted by molar-refractivity contribution is 5.14. The second-order valence-electron chi connectivity index (χ2n) is 3.99. The molecule has 0 aliphatic carbocycles. The summed E-state index contributed by atoms with van der Waals surface area (Å²) in [5.41, 5.74) is 2.18. The Bertz CT molecular complexity index is 328. The lowest BCUT2D eigenvalue weighted by atomic mass is 10.1. The first-order valence-corrected chi connectivity index (χ1v) is 5.61. The second-order valence-corrected chi connectivity index (χ2v) is 3.99. The molecule has 1 aromatic rings. The first-order valence-electron chi connectivity index (χ1n) is 5.61. The molecule has 0 bridgehead atoms. The molecular formula is C14H20O2. The van der Waals surface area contributed by atoms with E-state index in [0.29, 0.717) is 6.61 Å². The van der Waals surface area contributed by atoms with Crippen molar-refractivity contribution in [3.8, 4) is 0 Å². The highest BCUT2D eigenvalue weighted by Crippen LogP contribution is 2.13. The van der Waals surface area contributed by atoms with E-state index in [-0.39, 0.29) is 6.10 Å². The summed E-state index contributed by atoms with van der Waals surface area (Å²) in [6, 6.07) is 9.98. The summed E-state index contributed by atoms with van der Waals surface area (Å²) in [5, 5.41) is 9.63. The molecule has 0 unspecified atom stereocenters. The van der Waals surface area contributed by atoms with Crippen molar-refractivity contribution in [2.45, 2.75) is 39.6 Å². The van der Waals surface area contributed by atoms with Crippen LogP contribution < -0.4 is 0 Å². The Hall–Kier alpha value is -1.12. The fraction of sp³-hybridized carbons (Fsp3) is 0.429. The van der Waals surface area contributed by atoms with E-state index in [9.17, 15) is 5.11 Å². The first kappa shape index (κ1) is 12.9. The average molecular weight is 220 g/mol. The summed E-state index contributed by atoms with van der Waals surface area (Å²) in [6.45, 7) is 6.21. The van der Waals surface area contributed by atoms with Crippen LogP contribution >= 0.6 is 0 Å². The lowest BCUT2D eigenvalue weighted by Gasteiger charge is -2.21. The largest absolute Gasteiger partial charge is 0.390 e. The lowest BCUT2D eigenvalue weighted by molar-refractivity contribution is -0.0166. The molecule has 16 heavy (non-hydrogen) atoms. The molecule has 1 aromatic carbocycles. The van der Waals surface area contributed by atoms with Gasteiger partial charge in [-0.25, -0.2) is 0 Å². The van der Waals surface area contributed by atoms with Crippen molar-refractivity contribution >= 4 is 0 Å². The molecule has 0 fully saturated rings. The van der Waals surface area contributed by atoms with Gasteiger partial charge in [0.2, 0.25) is 0 Å². The van der Waals surface area contributed by atoms with Crippen LogP contribution in [0.5, 0.6) is 0 Å². The average Bonchev–Trinajstić information content (AvgIpc) is 2.30. The first-order chi connectivity index (χ1) is 7.65. The Balaban J connectivity index is 2.58. The summed E-state index contributed by atoms with van der Waals surface area (Å²) < 4.78 is 5.72. The fourth-order valence-electron chi connectivity index (χ4n) is 1.58. The number of rotatable bonds is 5. The lowest BCUT2D eigenvalue weighted by Crippen LogP contribution is -2.27. The minimum absolute atomic E-state index is 0.217. The predicted molar refractivity (Wildman–Crippen MR) is 66.1 cm³/mol. The van der Waals surface area contributed by atoms with Crippen LogP contribution in [-0.4, -0.2) is 17.3 Å². The molecule has 0 aliphatic rings. The van der Waals surface area contributed by atoms with Gasteiger partial charge in [-0.2, -0.15) is 0 Å². The van der Waals surface area contributed by atoms with Gasteiger partial charge >= 0.3 is 0 Å². The molecule has 88 valence electrons. The van der Waals surface area contributed by atoms with E-state index in [1.54, 1.807) is 6.92 Å². The molecule has 0 heterocycles. The molecule has 1 rings (SSSR count). The maximum absolute atomic E-state index is 9.63. The maximum Gasteiger partial charge on any atom is 0.104 e. The second kappa shape index (κ2) is 6.46. The number of hydrogen-bond acceptors (Lipinski definition) is 2. The Morgan fingerprint density at radius 1 is 1.38 bits per heavy atom. The zero-order chi connectivity index (χ0) is 12.0. The number of hydrogen-bond donors (Lipinski definition) is 1. The molecule has 0 aliphatic heterocycles. The molecule has 0 amide bonds. The number of ether oxygens (including phenoxy) is 1. The summed E-state index contributed by atoms with van der Waals surface area (Å²) in [7, 11) is 0. The molecule has 2 atom stereocenters. The Kier molecular flexibility index (Phi) is 5.23. The Labute approximate surface area is 97.6 Å². The van der Waals surface area contributed by atoms with Crippen LogP contribution in [0, 0.1) is 0 Å². The molecule has 0 saturated carbocycles. The van der Waals surface area contributed by atoms with Crippen LogP contribution in [0.15, 0.2) is 42.0 Å². The van der Waals surface area contributed by atoms with Gasteiger partial charge in [0.15, 0.2) is 0 Å². The van der Waals surface area contributed by atoms with Crippen molar-refractivity contribution in [1.82, 2.24) is 0 Å². The third-order valence-corrected chi connectivity index (χ3v) is 2.61. The molecule has 0 aromatic heterocycles. The summed E-state index contributed by atoms with van der Waals surface area (Å²) in [6.07, 6.45) is 1.27. The van der Waals surface area contributed by atoms with Crippen LogP contribution in [0.4, 0.5) is 0 Å². The molecule has 2 nitrogen and oxygen atoms in total. The van der Waals surface area contributed by atoms with Crippen molar-refractivity contribution < 1.29 is 9.84 Å². The van der Waals surface area contributed by atoms with E-state index in [1.807, 2.05) is 50.3 Å². The van der Waals surface area contributed by atoms with E-state index in [0.717, 1.165) is 11.1 Å². The third kappa shape index (κ3) is 3.80. The van der Waals surface area contributed by atoms with Crippen molar-refractivity contribution in [2.24, 2.45) is 0 Å². The zero-order valence-electron chi connectivity index (χ0n) is 10.2. The maximum atomic E-state index is 9.63. The Morgan fingerprint density at radius 3 is 2.50 bits per heavy atom. The smallest absolute Gasteiger partial charge is 0.104 e. The summed E-state index contributed by atoms with van der Waals surface area (Å²) in [5.74, 6) is 0. The molecule has 2 heteroatoms. The molecule has 0 saturated heterocycles. The minimum atomic E-state index is -0.486. The number of aliphatic hydroxyl groups excluding tert-OH is 1. The summed E-state index contributed by atoms with van der Waals surface area (Å²) >= 11 is 0. The molecular weight excluding hydrogens is 200 g/mol. The predicted octanol–water partition coefficient (Wildman–Crippen LogP) is 2.92. The van der Waals surface area contributed by atoms with E-state index in [1.165, 1.54) is 0 Å². The third-order valence-electron chi connectivity index (χ3n) is 2.61. The molecule has 1 N–H and O–H groups in total. The van der Waals surface area contributed by atoms with Crippen molar-refractivity contribution in [1.29, 1.82) is 0 Å². The van der Waals surface area contributed by atoms with Gasteiger partial charge in [0.1, 0.15) is 6.10 Å². The van der Waals surface area contributed by atoms with Crippen LogP contribution in [0.25, 0.3) is 0 Å². The van der Waals surface area contributed by atoms with E-state index < -0.39 is 6.10 Å². The van der Waals surface area contributed by atoms with E-state index in [4.69, 9.17) is 4.74 Å². The van der Waals surface area contributed by atoms with E-state index >= 15 is 0 Å². The van der Waals surface area contributed by atoms with Gasteiger partial charge in [-0.15, -0.1) is 0 Å². The van der Waals surface area contributed by atoms with Crippen LogP contribution in [0.3, 0.4) is 0 Å². The van der Waals surface area contributed by atoms with Gasteiger partial charge in [0.05, 0.1) is 12.7 Å². The van der Waals surface area contributed by atoms with Gasteiger partial charge < -0.3 is 9.84 Å².